The van der Waals surface area contributed by atoms with Crippen molar-refractivity contribution in [3.63, 3.8) is 0 Å². The highest BCUT2D eigenvalue weighted by Gasteiger charge is 2.15. The standard InChI is InChI=1S/C25H29NO/c1-4-10-20(5-2)25(26-24-14-9-6-11-19(24)3)18-27-23-16-15-21-12-7-8-13-22(21)17-23/h6-9,11-17,20H,4-5,10,18H2,1-3H3. The molecule has 140 valence electrons. The van der Waals surface area contributed by atoms with E-state index in [9.17, 15) is 0 Å². The van der Waals surface area contributed by atoms with E-state index < -0.39 is 0 Å². The summed E-state index contributed by atoms with van der Waals surface area (Å²) in [4.78, 5) is 5.02. The number of ether oxygens (including phenoxy) is 1. The topological polar surface area (TPSA) is 21.6 Å². The highest BCUT2D eigenvalue weighted by Crippen LogP contribution is 2.24. The zero-order valence-electron chi connectivity index (χ0n) is 16.6. The average Bonchev–Trinajstić information content (AvgIpc) is 2.70. The number of nitrogens with zero attached hydrogens (tertiary/aromatic N) is 1. The van der Waals surface area contributed by atoms with Crippen LogP contribution in [0.3, 0.4) is 0 Å². The predicted octanol–water partition coefficient (Wildman–Crippen LogP) is 7.13. The zero-order chi connectivity index (χ0) is 19.1. The van der Waals surface area contributed by atoms with Crippen molar-refractivity contribution in [2.24, 2.45) is 10.9 Å². The Morgan fingerprint density at radius 1 is 0.926 bits per heavy atom. The van der Waals surface area contributed by atoms with Gasteiger partial charge in [0, 0.05) is 5.92 Å². The SMILES string of the molecule is CCCC(CC)C(COc1ccc2ccccc2c1)=Nc1ccccc1C. The molecule has 0 heterocycles. The molecule has 0 amide bonds. The van der Waals surface area contributed by atoms with Gasteiger partial charge < -0.3 is 4.74 Å². The van der Waals surface area contributed by atoms with Crippen LogP contribution in [0.5, 0.6) is 5.75 Å². The molecule has 0 aliphatic rings. The van der Waals surface area contributed by atoms with Gasteiger partial charge in [-0.3, -0.25) is 4.99 Å². The first-order chi connectivity index (χ1) is 13.2. The Hall–Kier alpha value is -2.61. The summed E-state index contributed by atoms with van der Waals surface area (Å²) < 4.78 is 6.19. The van der Waals surface area contributed by atoms with Crippen molar-refractivity contribution >= 4 is 22.2 Å². The Morgan fingerprint density at radius 2 is 1.67 bits per heavy atom. The van der Waals surface area contributed by atoms with Crippen LogP contribution in [-0.2, 0) is 0 Å². The summed E-state index contributed by atoms with van der Waals surface area (Å²) >= 11 is 0. The van der Waals surface area contributed by atoms with Gasteiger partial charge in [-0.05, 0) is 54.3 Å². The van der Waals surface area contributed by atoms with Crippen molar-refractivity contribution in [2.75, 3.05) is 6.61 Å². The van der Waals surface area contributed by atoms with Gasteiger partial charge in [0.2, 0.25) is 0 Å². The molecule has 3 aromatic carbocycles. The third-order valence-corrected chi connectivity index (χ3v) is 5.09. The van der Waals surface area contributed by atoms with Crippen molar-refractivity contribution in [3.8, 4) is 5.75 Å². The van der Waals surface area contributed by atoms with Crippen LogP contribution in [0.1, 0.15) is 38.7 Å². The van der Waals surface area contributed by atoms with Gasteiger partial charge in [0.1, 0.15) is 12.4 Å². The summed E-state index contributed by atoms with van der Waals surface area (Å²) in [7, 11) is 0. The fraction of sp³-hybridized carbons (Fsp3) is 0.320. The molecule has 0 saturated heterocycles. The van der Waals surface area contributed by atoms with Crippen LogP contribution in [0.15, 0.2) is 71.7 Å². The van der Waals surface area contributed by atoms with Crippen LogP contribution in [0.25, 0.3) is 10.8 Å². The Kier molecular flexibility index (Phi) is 6.64. The molecule has 0 saturated carbocycles. The molecule has 3 rings (SSSR count). The van der Waals surface area contributed by atoms with Gasteiger partial charge >= 0.3 is 0 Å². The van der Waals surface area contributed by atoms with Gasteiger partial charge in [0.25, 0.3) is 0 Å². The van der Waals surface area contributed by atoms with E-state index in [4.69, 9.17) is 9.73 Å². The predicted molar refractivity (Wildman–Crippen MR) is 116 cm³/mol. The number of fused-ring (bicyclic) bond motifs is 1. The maximum absolute atomic E-state index is 6.19. The average molecular weight is 360 g/mol. The van der Waals surface area contributed by atoms with E-state index in [1.807, 2.05) is 0 Å². The van der Waals surface area contributed by atoms with E-state index >= 15 is 0 Å². The number of rotatable bonds is 8. The number of hydrogen-bond donors (Lipinski definition) is 0. The first-order valence-corrected chi connectivity index (χ1v) is 9.96. The molecule has 2 heteroatoms. The second-order valence-electron chi connectivity index (χ2n) is 7.08. The Balaban J connectivity index is 1.84. The second-order valence-corrected chi connectivity index (χ2v) is 7.08. The Bertz CT molecular complexity index is 913. The van der Waals surface area contributed by atoms with E-state index in [0.29, 0.717) is 12.5 Å². The van der Waals surface area contributed by atoms with Gasteiger partial charge in [-0.1, -0.05) is 68.8 Å². The van der Waals surface area contributed by atoms with Gasteiger partial charge in [0.05, 0.1) is 11.4 Å². The van der Waals surface area contributed by atoms with Crippen molar-refractivity contribution < 1.29 is 4.74 Å². The molecule has 0 spiro atoms. The fourth-order valence-corrected chi connectivity index (χ4v) is 3.45. The second kappa shape index (κ2) is 9.36. The van der Waals surface area contributed by atoms with Crippen LogP contribution in [0.4, 0.5) is 5.69 Å². The molecule has 0 aliphatic heterocycles. The lowest BCUT2D eigenvalue weighted by atomic mass is 9.95. The van der Waals surface area contributed by atoms with E-state index in [1.165, 1.54) is 16.3 Å². The molecule has 3 aromatic rings. The summed E-state index contributed by atoms with van der Waals surface area (Å²) in [5.74, 6) is 1.35. The minimum absolute atomic E-state index is 0.454. The van der Waals surface area contributed by atoms with Gasteiger partial charge in [-0.2, -0.15) is 0 Å². The van der Waals surface area contributed by atoms with Crippen molar-refractivity contribution in [1.29, 1.82) is 0 Å². The number of aryl methyl sites for hydroxylation is 1. The molecule has 1 unspecified atom stereocenters. The molecular weight excluding hydrogens is 330 g/mol. The summed E-state index contributed by atoms with van der Waals surface area (Å²) in [6.07, 6.45) is 3.38. The number of hydrogen-bond acceptors (Lipinski definition) is 2. The Labute approximate surface area is 162 Å². The van der Waals surface area contributed by atoms with E-state index in [2.05, 4.69) is 87.5 Å². The summed E-state index contributed by atoms with van der Waals surface area (Å²) in [6, 6.07) is 23.0. The van der Waals surface area contributed by atoms with Crippen LogP contribution in [-0.4, -0.2) is 12.3 Å². The third kappa shape index (κ3) is 4.97. The van der Waals surface area contributed by atoms with Crippen LogP contribution in [0, 0.1) is 12.8 Å². The first-order valence-electron chi connectivity index (χ1n) is 9.96. The highest BCUT2D eigenvalue weighted by molar-refractivity contribution is 5.91. The zero-order valence-corrected chi connectivity index (χ0v) is 16.6. The smallest absolute Gasteiger partial charge is 0.127 e. The molecule has 0 N–H and O–H groups in total. The summed E-state index contributed by atoms with van der Waals surface area (Å²) in [6.45, 7) is 7.12. The molecule has 0 aromatic heterocycles. The maximum atomic E-state index is 6.19. The van der Waals surface area contributed by atoms with Crippen LogP contribution in [0.2, 0.25) is 0 Å². The van der Waals surface area contributed by atoms with E-state index in [0.717, 1.165) is 36.4 Å². The lowest BCUT2D eigenvalue weighted by molar-refractivity contribution is 0.366. The first kappa shape index (κ1) is 19.2. The monoisotopic (exact) mass is 359 g/mol. The molecular formula is C25H29NO. The fourth-order valence-electron chi connectivity index (χ4n) is 3.45. The largest absolute Gasteiger partial charge is 0.488 e. The molecule has 1 atom stereocenters. The van der Waals surface area contributed by atoms with Crippen molar-refractivity contribution in [3.05, 3.63) is 72.3 Å². The molecule has 0 aliphatic carbocycles. The molecule has 0 bridgehead atoms. The summed E-state index contributed by atoms with van der Waals surface area (Å²) in [5.41, 5.74) is 3.39. The minimum Gasteiger partial charge on any atom is -0.488 e. The third-order valence-electron chi connectivity index (χ3n) is 5.09. The van der Waals surface area contributed by atoms with E-state index in [1.54, 1.807) is 0 Å². The minimum atomic E-state index is 0.454. The summed E-state index contributed by atoms with van der Waals surface area (Å²) in [5, 5.41) is 2.43. The molecule has 2 nitrogen and oxygen atoms in total. The normalized spacial score (nSPS) is 12.9. The van der Waals surface area contributed by atoms with Crippen molar-refractivity contribution in [1.82, 2.24) is 0 Å². The number of aliphatic imine (C=N–C) groups is 1. The maximum Gasteiger partial charge on any atom is 0.127 e. The van der Waals surface area contributed by atoms with Gasteiger partial charge in [-0.15, -0.1) is 0 Å². The highest BCUT2D eigenvalue weighted by atomic mass is 16.5. The van der Waals surface area contributed by atoms with Crippen LogP contribution >= 0.6 is 0 Å². The molecule has 0 fully saturated rings. The van der Waals surface area contributed by atoms with E-state index in [-0.39, 0.29) is 0 Å². The lowest BCUT2D eigenvalue weighted by Gasteiger charge is -2.18. The quantitative estimate of drug-likeness (QED) is 0.392. The van der Waals surface area contributed by atoms with Crippen molar-refractivity contribution in [2.45, 2.75) is 40.0 Å². The Morgan fingerprint density at radius 3 is 2.41 bits per heavy atom. The lowest BCUT2D eigenvalue weighted by Crippen LogP contribution is -2.21. The van der Waals surface area contributed by atoms with Gasteiger partial charge in [0.15, 0.2) is 0 Å². The van der Waals surface area contributed by atoms with Gasteiger partial charge in [-0.25, -0.2) is 0 Å². The number of benzene rings is 3. The number of para-hydroxylation sites is 1. The molecule has 27 heavy (non-hydrogen) atoms. The molecule has 0 radical (unpaired) electrons. The van der Waals surface area contributed by atoms with Crippen LogP contribution < -0.4 is 4.74 Å².